The number of carbonyl (C=O) groups excluding carboxylic acids is 1. The Kier molecular flexibility index (Phi) is 4.45. The van der Waals surface area contributed by atoms with Gasteiger partial charge in [0.1, 0.15) is 11.6 Å². The van der Waals surface area contributed by atoms with Gasteiger partial charge < -0.3 is 15.3 Å². The van der Waals surface area contributed by atoms with E-state index in [9.17, 15) is 14.3 Å². The zero-order valence-electron chi connectivity index (χ0n) is 10.2. The van der Waals surface area contributed by atoms with Crippen LogP contribution < -0.4 is 5.32 Å². The molecule has 0 aromatic heterocycles. The van der Waals surface area contributed by atoms with E-state index >= 15 is 0 Å². The van der Waals surface area contributed by atoms with Crippen molar-refractivity contribution in [2.24, 2.45) is 0 Å². The summed E-state index contributed by atoms with van der Waals surface area (Å²) in [6.07, 6.45) is 0. The molecule has 1 amide bonds. The molecule has 1 aromatic rings. The number of hydrogen-bond acceptors (Lipinski definition) is 3. The van der Waals surface area contributed by atoms with Gasteiger partial charge in [-0.1, -0.05) is 0 Å². The number of phenols is 1. The normalized spacial score (nSPS) is 12.5. The summed E-state index contributed by atoms with van der Waals surface area (Å²) in [6, 6.07) is 3.51. The van der Waals surface area contributed by atoms with E-state index < -0.39 is 11.7 Å². The van der Waals surface area contributed by atoms with Crippen LogP contribution in [0.5, 0.6) is 5.75 Å². The van der Waals surface area contributed by atoms with Gasteiger partial charge in [-0.25, -0.2) is 4.39 Å². The second kappa shape index (κ2) is 5.63. The number of hydrogen-bond donors (Lipinski definition) is 2. The summed E-state index contributed by atoms with van der Waals surface area (Å²) < 4.78 is 12.7. The predicted molar refractivity (Wildman–Crippen MR) is 63.5 cm³/mol. The lowest BCUT2D eigenvalue weighted by molar-refractivity contribution is 0.0941. The van der Waals surface area contributed by atoms with Crippen LogP contribution in [-0.2, 0) is 0 Å². The first-order valence-electron chi connectivity index (χ1n) is 5.35. The van der Waals surface area contributed by atoms with Gasteiger partial charge in [0.2, 0.25) is 0 Å². The summed E-state index contributed by atoms with van der Waals surface area (Å²) in [5.74, 6) is -1.32. The Morgan fingerprint density at radius 2 is 2.18 bits per heavy atom. The van der Waals surface area contributed by atoms with E-state index in [1.54, 1.807) is 0 Å². The van der Waals surface area contributed by atoms with Crippen LogP contribution in [0.1, 0.15) is 17.3 Å². The molecule has 0 fully saturated rings. The van der Waals surface area contributed by atoms with Gasteiger partial charge in [0.15, 0.2) is 0 Å². The first-order chi connectivity index (χ1) is 7.91. The molecule has 0 saturated carbocycles. The van der Waals surface area contributed by atoms with Crippen LogP contribution in [-0.4, -0.2) is 42.6 Å². The minimum atomic E-state index is -0.569. The Bertz CT molecular complexity index is 407. The molecule has 0 bridgehead atoms. The number of halogens is 1. The number of amides is 1. The van der Waals surface area contributed by atoms with Gasteiger partial charge in [0.05, 0.1) is 5.56 Å². The van der Waals surface area contributed by atoms with Crippen LogP contribution >= 0.6 is 0 Å². The standard InChI is InChI=1S/C12H17FN2O2/c1-8(15(2)3)7-14-12(17)10-5-4-9(13)6-11(10)16/h4-6,8,16H,7H2,1-3H3,(H,14,17). The second-order valence-corrected chi connectivity index (χ2v) is 4.18. The van der Waals surface area contributed by atoms with Crippen molar-refractivity contribution >= 4 is 5.91 Å². The number of carbonyl (C=O) groups is 1. The number of phenolic OH excluding ortho intramolecular Hbond substituents is 1. The molecule has 0 saturated heterocycles. The van der Waals surface area contributed by atoms with E-state index in [1.807, 2.05) is 25.9 Å². The third-order valence-corrected chi connectivity index (χ3v) is 2.64. The topological polar surface area (TPSA) is 52.6 Å². The highest BCUT2D eigenvalue weighted by molar-refractivity contribution is 5.96. The Morgan fingerprint density at radius 3 is 2.71 bits per heavy atom. The highest BCUT2D eigenvalue weighted by Crippen LogP contribution is 2.17. The zero-order chi connectivity index (χ0) is 13.0. The van der Waals surface area contributed by atoms with Gasteiger partial charge in [0.25, 0.3) is 5.91 Å². The van der Waals surface area contributed by atoms with E-state index in [1.165, 1.54) is 6.07 Å². The Morgan fingerprint density at radius 1 is 1.53 bits per heavy atom. The molecule has 2 N–H and O–H groups in total. The fourth-order valence-corrected chi connectivity index (χ4v) is 1.22. The monoisotopic (exact) mass is 240 g/mol. The maximum absolute atomic E-state index is 12.7. The maximum atomic E-state index is 12.7. The summed E-state index contributed by atoms with van der Waals surface area (Å²) in [7, 11) is 3.82. The highest BCUT2D eigenvalue weighted by Gasteiger charge is 2.13. The van der Waals surface area contributed by atoms with Crippen LogP contribution in [0, 0.1) is 5.82 Å². The van der Waals surface area contributed by atoms with Crippen molar-refractivity contribution in [3.63, 3.8) is 0 Å². The van der Waals surface area contributed by atoms with Crippen molar-refractivity contribution in [3.8, 4) is 5.75 Å². The smallest absolute Gasteiger partial charge is 0.255 e. The van der Waals surface area contributed by atoms with E-state index in [0.717, 1.165) is 12.1 Å². The van der Waals surface area contributed by atoms with Crippen molar-refractivity contribution < 1.29 is 14.3 Å². The quantitative estimate of drug-likeness (QED) is 0.831. The second-order valence-electron chi connectivity index (χ2n) is 4.18. The van der Waals surface area contributed by atoms with Crippen LogP contribution in [0.3, 0.4) is 0 Å². The van der Waals surface area contributed by atoms with E-state index in [4.69, 9.17) is 0 Å². The molecule has 1 aromatic carbocycles. The summed E-state index contributed by atoms with van der Waals surface area (Å²) >= 11 is 0. The lowest BCUT2D eigenvalue weighted by atomic mass is 10.2. The van der Waals surface area contributed by atoms with Gasteiger partial charge in [-0.15, -0.1) is 0 Å². The number of nitrogens with zero attached hydrogens (tertiary/aromatic N) is 1. The Balaban J connectivity index is 2.64. The molecule has 1 rings (SSSR count). The molecular formula is C12H17FN2O2. The fraction of sp³-hybridized carbons (Fsp3) is 0.417. The fourth-order valence-electron chi connectivity index (χ4n) is 1.22. The summed E-state index contributed by atoms with van der Waals surface area (Å²) in [4.78, 5) is 13.7. The number of rotatable bonds is 4. The molecule has 4 nitrogen and oxygen atoms in total. The van der Waals surface area contributed by atoms with Crippen molar-refractivity contribution in [3.05, 3.63) is 29.6 Å². The largest absolute Gasteiger partial charge is 0.507 e. The molecule has 5 heteroatoms. The van der Waals surface area contributed by atoms with Gasteiger partial charge in [-0.3, -0.25) is 4.79 Å². The van der Waals surface area contributed by atoms with Gasteiger partial charge in [-0.05, 0) is 33.2 Å². The highest BCUT2D eigenvalue weighted by atomic mass is 19.1. The third-order valence-electron chi connectivity index (χ3n) is 2.64. The summed E-state index contributed by atoms with van der Waals surface area (Å²) in [5.41, 5.74) is 0.0809. The molecule has 0 spiro atoms. The molecule has 0 aliphatic carbocycles. The molecule has 0 aliphatic heterocycles. The molecule has 0 aliphatic rings. The van der Waals surface area contributed by atoms with Crippen molar-refractivity contribution in [1.82, 2.24) is 10.2 Å². The van der Waals surface area contributed by atoms with Crippen LogP contribution in [0.2, 0.25) is 0 Å². The Hall–Kier alpha value is -1.62. The molecule has 1 atom stereocenters. The average molecular weight is 240 g/mol. The molecule has 0 heterocycles. The van der Waals surface area contributed by atoms with Crippen molar-refractivity contribution in [2.75, 3.05) is 20.6 Å². The zero-order valence-corrected chi connectivity index (χ0v) is 10.2. The molecular weight excluding hydrogens is 223 g/mol. The lowest BCUT2D eigenvalue weighted by Crippen LogP contribution is -2.38. The van der Waals surface area contributed by atoms with Crippen LogP contribution in [0.15, 0.2) is 18.2 Å². The molecule has 1 unspecified atom stereocenters. The van der Waals surface area contributed by atoms with E-state index in [0.29, 0.717) is 6.54 Å². The summed E-state index contributed by atoms with van der Waals surface area (Å²) in [6.45, 7) is 2.42. The Labute approximate surface area is 100 Å². The minimum absolute atomic E-state index is 0.0809. The third kappa shape index (κ3) is 3.71. The number of likely N-dealkylation sites (N-methyl/N-ethyl adjacent to an activating group) is 1. The number of nitrogens with one attached hydrogen (secondary N) is 1. The van der Waals surface area contributed by atoms with Crippen LogP contribution in [0.4, 0.5) is 4.39 Å². The van der Waals surface area contributed by atoms with E-state index in [2.05, 4.69) is 5.32 Å². The van der Waals surface area contributed by atoms with Gasteiger partial charge >= 0.3 is 0 Å². The van der Waals surface area contributed by atoms with E-state index in [-0.39, 0.29) is 17.4 Å². The molecule has 94 valence electrons. The minimum Gasteiger partial charge on any atom is -0.507 e. The number of aromatic hydroxyl groups is 1. The van der Waals surface area contributed by atoms with Crippen molar-refractivity contribution in [1.29, 1.82) is 0 Å². The summed E-state index contributed by atoms with van der Waals surface area (Å²) in [5, 5.41) is 12.1. The lowest BCUT2D eigenvalue weighted by Gasteiger charge is -2.20. The van der Waals surface area contributed by atoms with Gasteiger partial charge in [-0.2, -0.15) is 0 Å². The molecule has 17 heavy (non-hydrogen) atoms. The average Bonchev–Trinajstić information content (AvgIpc) is 2.25. The van der Waals surface area contributed by atoms with Crippen LogP contribution in [0.25, 0.3) is 0 Å². The van der Waals surface area contributed by atoms with Gasteiger partial charge in [0, 0.05) is 18.7 Å². The maximum Gasteiger partial charge on any atom is 0.255 e. The first-order valence-corrected chi connectivity index (χ1v) is 5.35. The first kappa shape index (κ1) is 13.4. The number of benzene rings is 1. The SMILES string of the molecule is CC(CNC(=O)c1ccc(F)cc1O)N(C)C. The molecule has 0 radical (unpaired) electrons. The van der Waals surface area contributed by atoms with Crippen molar-refractivity contribution in [2.45, 2.75) is 13.0 Å². The predicted octanol–water partition coefficient (Wildman–Crippen LogP) is 1.21.